The fraction of sp³-hybridized carbons (Fsp3) is 0.474. The van der Waals surface area contributed by atoms with E-state index < -0.39 is 11.9 Å². The molecule has 1 saturated carbocycles. The van der Waals surface area contributed by atoms with Crippen LogP contribution in [0.25, 0.3) is 11.0 Å². The Balaban J connectivity index is 1.72. The lowest BCUT2D eigenvalue weighted by molar-refractivity contribution is -0.145. The Labute approximate surface area is 140 Å². The Kier molecular flexibility index (Phi) is 3.41. The molecule has 24 heavy (non-hydrogen) atoms. The molecule has 1 amide bonds. The highest BCUT2D eigenvalue weighted by Gasteiger charge is 2.50. The van der Waals surface area contributed by atoms with Crippen LogP contribution in [-0.2, 0) is 4.79 Å². The minimum Gasteiger partial charge on any atom is -0.481 e. The van der Waals surface area contributed by atoms with E-state index >= 15 is 0 Å². The number of amides is 1. The monoisotopic (exact) mass is 327 g/mol. The molecule has 5 nitrogen and oxygen atoms in total. The second-order valence-electron chi connectivity index (χ2n) is 7.12. The summed E-state index contributed by atoms with van der Waals surface area (Å²) in [6.07, 6.45) is 4.45. The first-order valence-electron chi connectivity index (χ1n) is 8.55. The number of carboxylic acids is 1. The summed E-state index contributed by atoms with van der Waals surface area (Å²) in [6.45, 7) is 2.18. The normalized spacial score (nSPS) is 22.5. The number of nitrogens with zero attached hydrogens (tertiary/aromatic N) is 1. The summed E-state index contributed by atoms with van der Waals surface area (Å²) in [5.74, 6) is -1.10. The van der Waals surface area contributed by atoms with Crippen LogP contribution in [0.5, 0.6) is 0 Å². The van der Waals surface area contributed by atoms with Crippen LogP contribution in [0.2, 0.25) is 0 Å². The SMILES string of the molecule is Cc1c(C(=O)N2CC(C(=O)O)CCC23CCC3)oc2ccccc12. The van der Waals surface area contributed by atoms with Crippen LogP contribution in [-0.4, -0.2) is 34.0 Å². The van der Waals surface area contributed by atoms with E-state index in [4.69, 9.17) is 4.42 Å². The molecule has 1 N–H and O–H groups in total. The zero-order chi connectivity index (χ0) is 16.9. The van der Waals surface area contributed by atoms with Crippen molar-refractivity contribution in [1.82, 2.24) is 4.90 Å². The lowest BCUT2D eigenvalue weighted by Gasteiger charge is -2.54. The predicted octanol–water partition coefficient (Wildman–Crippen LogP) is 3.60. The van der Waals surface area contributed by atoms with Crippen LogP contribution < -0.4 is 0 Å². The summed E-state index contributed by atoms with van der Waals surface area (Å²) in [7, 11) is 0. The number of hydrogen-bond acceptors (Lipinski definition) is 3. The van der Waals surface area contributed by atoms with E-state index in [2.05, 4.69) is 0 Å². The van der Waals surface area contributed by atoms with Gasteiger partial charge in [0, 0.05) is 23.0 Å². The van der Waals surface area contributed by atoms with Crippen molar-refractivity contribution in [2.75, 3.05) is 6.54 Å². The number of hydrogen-bond donors (Lipinski definition) is 1. The standard InChI is InChI=1S/C19H21NO4/c1-12-14-5-2-3-6-15(14)24-16(12)17(21)20-11-13(18(22)23)7-10-19(20)8-4-9-19/h2-3,5-6,13H,4,7-11H2,1H3,(H,22,23). The molecular weight excluding hydrogens is 306 g/mol. The van der Waals surface area contributed by atoms with Gasteiger partial charge in [-0.25, -0.2) is 0 Å². The summed E-state index contributed by atoms with van der Waals surface area (Å²) < 4.78 is 5.83. The third-order valence-corrected chi connectivity index (χ3v) is 5.85. The number of aliphatic carboxylic acids is 1. The molecule has 2 fully saturated rings. The van der Waals surface area contributed by atoms with Crippen molar-refractivity contribution in [3.63, 3.8) is 0 Å². The number of carbonyl (C=O) groups is 2. The number of benzene rings is 1. The van der Waals surface area contributed by atoms with Crippen molar-refractivity contribution in [3.05, 3.63) is 35.6 Å². The second kappa shape index (κ2) is 5.36. The second-order valence-corrected chi connectivity index (χ2v) is 7.12. The number of fused-ring (bicyclic) bond motifs is 1. The highest BCUT2D eigenvalue weighted by molar-refractivity contribution is 5.99. The summed E-state index contributed by atoms with van der Waals surface area (Å²) in [5.41, 5.74) is 1.38. The van der Waals surface area contributed by atoms with Crippen LogP contribution >= 0.6 is 0 Å². The molecule has 1 aliphatic carbocycles. The summed E-state index contributed by atoms with van der Waals surface area (Å²) in [6, 6.07) is 7.61. The van der Waals surface area contributed by atoms with Crippen molar-refractivity contribution < 1.29 is 19.1 Å². The summed E-state index contributed by atoms with van der Waals surface area (Å²) >= 11 is 0. The smallest absolute Gasteiger partial charge is 0.308 e. The van der Waals surface area contributed by atoms with Gasteiger partial charge in [-0.15, -0.1) is 0 Å². The van der Waals surface area contributed by atoms with Crippen molar-refractivity contribution in [2.24, 2.45) is 5.92 Å². The van der Waals surface area contributed by atoms with Gasteiger partial charge in [0.2, 0.25) is 0 Å². The lowest BCUT2D eigenvalue weighted by Crippen LogP contribution is -2.61. The molecular formula is C19H21NO4. The molecule has 126 valence electrons. The minimum absolute atomic E-state index is 0.158. The maximum Gasteiger partial charge on any atom is 0.308 e. The molecule has 1 aromatic carbocycles. The van der Waals surface area contributed by atoms with Gasteiger partial charge in [0.1, 0.15) is 5.58 Å². The fourth-order valence-electron chi connectivity index (χ4n) is 4.19. The maximum atomic E-state index is 13.2. The molecule has 2 aromatic rings. The maximum absolute atomic E-state index is 13.2. The number of piperidine rings is 1. The van der Waals surface area contributed by atoms with Gasteiger partial charge in [-0.1, -0.05) is 18.2 Å². The zero-order valence-corrected chi connectivity index (χ0v) is 13.7. The van der Waals surface area contributed by atoms with E-state index in [9.17, 15) is 14.7 Å². The predicted molar refractivity (Wildman–Crippen MR) is 88.9 cm³/mol. The lowest BCUT2D eigenvalue weighted by atomic mass is 9.68. The van der Waals surface area contributed by atoms with Gasteiger partial charge in [-0.05, 0) is 45.1 Å². The van der Waals surface area contributed by atoms with E-state index in [1.54, 1.807) is 4.90 Å². The Morgan fingerprint density at radius 2 is 2.00 bits per heavy atom. The van der Waals surface area contributed by atoms with Gasteiger partial charge in [-0.2, -0.15) is 0 Å². The number of carbonyl (C=O) groups excluding carboxylic acids is 1. The van der Waals surface area contributed by atoms with Gasteiger partial charge in [0.15, 0.2) is 5.76 Å². The van der Waals surface area contributed by atoms with Crippen molar-refractivity contribution in [3.8, 4) is 0 Å². The molecule has 0 radical (unpaired) electrons. The van der Waals surface area contributed by atoms with E-state index in [0.717, 1.165) is 36.6 Å². The largest absolute Gasteiger partial charge is 0.481 e. The average molecular weight is 327 g/mol. The number of likely N-dealkylation sites (tertiary alicyclic amines) is 1. The third kappa shape index (κ3) is 2.14. The fourth-order valence-corrected chi connectivity index (χ4v) is 4.19. The van der Waals surface area contributed by atoms with Crippen LogP contribution in [0, 0.1) is 12.8 Å². The average Bonchev–Trinajstić information content (AvgIpc) is 2.89. The van der Waals surface area contributed by atoms with Gasteiger partial charge >= 0.3 is 5.97 Å². The quantitative estimate of drug-likeness (QED) is 0.915. The zero-order valence-electron chi connectivity index (χ0n) is 13.7. The van der Waals surface area contributed by atoms with Gasteiger partial charge < -0.3 is 14.4 Å². The number of carboxylic acid groups (broad SMARTS) is 1. The Morgan fingerprint density at radius 1 is 1.25 bits per heavy atom. The van der Waals surface area contributed by atoms with E-state index in [1.807, 2.05) is 31.2 Å². The van der Waals surface area contributed by atoms with Crippen LogP contribution in [0.4, 0.5) is 0 Å². The van der Waals surface area contributed by atoms with Crippen LogP contribution in [0.3, 0.4) is 0 Å². The Bertz CT molecular complexity index is 818. The molecule has 1 saturated heterocycles. The van der Waals surface area contributed by atoms with E-state index in [0.29, 0.717) is 17.8 Å². The first-order chi connectivity index (χ1) is 11.5. The van der Waals surface area contributed by atoms with Gasteiger partial charge in [0.25, 0.3) is 5.91 Å². The molecule has 0 bridgehead atoms. The number of aryl methyl sites for hydroxylation is 1. The molecule has 1 spiro atoms. The van der Waals surface area contributed by atoms with Gasteiger partial charge in [0.05, 0.1) is 5.92 Å². The van der Waals surface area contributed by atoms with Crippen molar-refractivity contribution in [1.29, 1.82) is 0 Å². The molecule has 1 aliphatic heterocycles. The summed E-state index contributed by atoms with van der Waals surface area (Å²) in [5, 5.41) is 10.3. The molecule has 1 unspecified atom stereocenters. The number of para-hydroxylation sites is 1. The highest BCUT2D eigenvalue weighted by Crippen LogP contribution is 2.46. The molecule has 1 atom stereocenters. The minimum atomic E-state index is -0.816. The van der Waals surface area contributed by atoms with E-state index in [1.165, 1.54) is 0 Å². The van der Waals surface area contributed by atoms with Crippen LogP contribution in [0.1, 0.15) is 48.2 Å². The summed E-state index contributed by atoms with van der Waals surface area (Å²) in [4.78, 5) is 26.4. The van der Waals surface area contributed by atoms with Crippen LogP contribution in [0.15, 0.2) is 28.7 Å². The van der Waals surface area contributed by atoms with Crippen molar-refractivity contribution in [2.45, 2.75) is 44.6 Å². The topological polar surface area (TPSA) is 70.8 Å². The van der Waals surface area contributed by atoms with Crippen molar-refractivity contribution >= 4 is 22.8 Å². The molecule has 1 aromatic heterocycles. The highest BCUT2D eigenvalue weighted by atomic mass is 16.4. The molecule has 2 heterocycles. The van der Waals surface area contributed by atoms with E-state index in [-0.39, 0.29) is 18.0 Å². The molecule has 5 heteroatoms. The first-order valence-corrected chi connectivity index (χ1v) is 8.55. The third-order valence-electron chi connectivity index (χ3n) is 5.85. The molecule has 4 rings (SSSR count). The Morgan fingerprint density at radius 3 is 2.62 bits per heavy atom. The first kappa shape index (κ1) is 15.2. The Hall–Kier alpha value is -2.30. The van der Waals surface area contributed by atoms with Gasteiger partial charge in [-0.3, -0.25) is 9.59 Å². The number of furan rings is 1. The number of rotatable bonds is 2. The molecule has 2 aliphatic rings.